The first-order valence-corrected chi connectivity index (χ1v) is 8.97. The summed E-state index contributed by atoms with van der Waals surface area (Å²) >= 11 is 5.70. The highest BCUT2D eigenvalue weighted by atomic mass is 35.5. The second-order valence-electron chi connectivity index (χ2n) is 5.11. The number of sulfonamides is 1. The molecule has 9 heteroatoms. The second-order valence-corrected chi connectivity index (χ2v) is 7.28. The van der Waals surface area contributed by atoms with E-state index in [0.29, 0.717) is 11.1 Å². The molecule has 0 aliphatic rings. The Kier molecular flexibility index (Phi) is 6.10. The van der Waals surface area contributed by atoms with Crippen molar-refractivity contribution in [2.45, 2.75) is 11.1 Å². The van der Waals surface area contributed by atoms with E-state index in [2.05, 4.69) is 4.72 Å². The Morgan fingerprint density at radius 1 is 1.08 bits per heavy atom. The third kappa shape index (κ3) is 4.94. The topological polar surface area (TPSA) is 55.4 Å². The molecule has 0 heterocycles. The number of methoxy groups -OCH3 is 1. The minimum Gasteiger partial charge on any atom is -0.383 e. The van der Waals surface area contributed by atoms with E-state index in [9.17, 15) is 21.6 Å². The molecule has 25 heavy (non-hydrogen) atoms. The van der Waals surface area contributed by atoms with Gasteiger partial charge in [-0.1, -0.05) is 29.8 Å². The maximum absolute atomic E-state index is 12.7. The molecule has 0 fully saturated rings. The fourth-order valence-electron chi connectivity index (χ4n) is 2.11. The summed E-state index contributed by atoms with van der Waals surface area (Å²) in [6.07, 6.45) is -4.53. The summed E-state index contributed by atoms with van der Waals surface area (Å²) in [5, 5.41) is -0.414. The van der Waals surface area contributed by atoms with Crippen LogP contribution in [0.2, 0.25) is 5.02 Å². The van der Waals surface area contributed by atoms with Gasteiger partial charge < -0.3 is 4.74 Å². The Labute approximate surface area is 148 Å². The van der Waals surface area contributed by atoms with E-state index in [1.165, 1.54) is 43.5 Å². The van der Waals surface area contributed by atoms with Crippen molar-refractivity contribution in [3.8, 4) is 11.1 Å². The van der Waals surface area contributed by atoms with Crippen LogP contribution in [0.4, 0.5) is 13.2 Å². The number of hydrogen-bond donors (Lipinski definition) is 1. The summed E-state index contributed by atoms with van der Waals surface area (Å²) in [4.78, 5) is 0.0466. The van der Waals surface area contributed by atoms with Gasteiger partial charge in [-0.05, 0) is 35.4 Å². The Hall–Kier alpha value is -1.61. The van der Waals surface area contributed by atoms with Gasteiger partial charge in [0.1, 0.15) is 0 Å². The lowest BCUT2D eigenvalue weighted by Gasteiger charge is -2.11. The molecular weight excluding hydrogens is 379 g/mol. The average Bonchev–Trinajstić information content (AvgIpc) is 2.54. The molecule has 2 aromatic carbocycles. The van der Waals surface area contributed by atoms with Crippen LogP contribution < -0.4 is 4.72 Å². The molecule has 0 atom stereocenters. The summed E-state index contributed by atoms with van der Waals surface area (Å²) in [5.41, 5.74) is 0.0835. The normalized spacial score (nSPS) is 12.4. The maximum atomic E-state index is 12.7. The zero-order valence-electron chi connectivity index (χ0n) is 13.1. The molecule has 0 saturated heterocycles. The third-order valence-electron chi connectivity index (χ3n) is 3.37. The highest BCUT2D eigenvalue weighted by Gasteiger charge is 2.33. The first-order chi connectivity index (χ1) is 11.6. The van der Waals surface area contributed by atoms with E-state index in [1.807, 2.05) is 0 Å². The highest BCUT2D eigenvalue weighted by molar-refractivity contribution is 7.89. The van der Waals surface area contributed by atoms with Crippen molar-refractivity contribution < 1.29 is 26.3 Å². The number of halogens is 4. The van der Waals surface area contributed by atoms with Crippen LogP contribution in [-0.2, 0) is 20.9 Å². The van der Waals surface area contributed by atoms with Gasteiger partial charge in [0.25, 0.3) is 0 Å². The van der Waals surface area contributed by atoms with Gasteiger partial charge in [-0.3, -0.25) is 0 Å². The van der Waals surface area contributed by atoms with Gasteiger partial charge in [0, 0.05) is 13.7 Å². The predicted octanol–water partition coefficient (Wildman–Crippen LogP) is 3.95. The van der Waals surface area contributed by atoms with Crippen LogP contribution in [0.1, 0.15) is 5.56 Å². The molecule has 2 aromatic rings. The van der Waals surface area contributed by atoms with Crippen LogP contribution in [0.3, 0.4) is 0 Å². The molecule has 136 valence electrons. The maximum Gasteiger partial charge on any atom is 0.417 e. The second kappa shape index (κ2) is 7.74. The largest absolute Gasteiger partial charge is 0.417 e. The van der Waals surface area contributed by atoms with Gasteiger partial charge in [-0.2, -0.15) is 13.2 Å². The zero-order valence-corrected chi connectivity index (χ0v) is 14.7. The molecule has 0 amide bonds. The van der Waals surface area contributed by atoms with Crippen LogP contribution in [0.5, 0.6) is 0 Å². The van der Waals surface area contributed by atoms with Gasteiger partial charge in [-0.25, -0.2) is 13.1 Å². The van der Waals surface area contributed by atoms with Crippen LogP contribution in [0, 0.1) is 0 Å². The first kappa shape index (κ1) is 19.7. The standard InChI is InChI=1S/C16H15ClF3NO3S/c1-24-9-8-21-25(22,23)13-5-2-11(3-6-13)12-4-7-14(15(17)10-12)16(18,19)20/h2-7,10,21H,8-9H2,1H3. The zero-order chi connectivity index (χ0) is 18.7. The molecule has 0 aliphatic heterocycles. The van der Waals surface area contributed by atoms with E-state index in [0.717, 1.165) is 6.07 Å². The van der Waals surface area contributed by atoms with Crippen LogP contribution in [0.15, 0.2) is 47.4 Å². The number of hydrogen-bond acceptors (Lipinski definition) is 3. The van der Waals surface area contributed by atoms with Crippen molar-refractivity contribution >= 4 is 21.6 Å². The van der Waals surface area contributed by atoms with Gasteiger partial charge in [0.15, 0.2) is 0 Å². The number of alkyl halides is 3. The number of benzene rings is 2. The van der Waals surface area contributed by atoms with E-state index in [4.69, 9.17) is 16.3 Å². The summed E-state index contributed by atoms with van der Waals surface area (Å²) in [7, 11) is -2.21. The van der Waals surface area contributed by atoms with Crippen molar-refractivity contribution in [3.63, 3.8) is 0 Å². The molecule has 2 rings (SSSR count). The van der Waals surface area contributed by atoms with Gasteiger partial charge in [-0.15, -0.1) is 0 Å². The molecule has 1 N–H and O–H groups in total. The molecule has 0 aliphatic carbocycles. The van der Waals surface area contributed by atoms with Gasteiger partial charge >= 0.3 is 6.18 Å². The van der Waals surface area contributed by atoms with Gasteiger partial charge in [0.2, 0.25) is 10.0 Å². The van der Waals surface area contributed by atoms with Crippen LogP contribution >= 0.6 is 11.6 Å². The quantitative estimate of drug-likeness (QED) is 0.756. The van der Waals surface area contributed by atoms with E-state index >= 15 is 0 Å². The van der Waals surface area contributed by atoms with E-state index in [1.54, 1.807) is 0 Å². The minimum absolute atomic E-state index is 0.0466. The fourth-order valence-corrected chi connectivity index (χ4v) is 3.41. The molecule has 0 bridgehead atoms. The minimum atomic E-state index is -4.53. The summed E-state index contributed by atoms with van der Waals surface area (Å²) in [5.74, 6) is 0. The number of ether oxygens (including phenoxy) is 1. The fraction of sp³-hybridized carbons (Fsp3) is 0.250. The molecule has 4 nitrogen and oxygen atoms in total. The lowest BCUT2D eigenvalue weighted by atomic mass is 10.0. The van der Waals surface area contributed by atoms with E-state index in [-0.39, 0.29) is 18.0 Å². The highest BCUT2D eigenvalue weighted by Crippen LogP contribution is 2.36. The van der Waals surface area contributed by atoms with Crippen LogP contribution in [-0.4, -0.2) is 28.7 Å². The van der Waals surface area contributed by atoms with Crippen molar-refractivity contribution in [3.05, 3.63) is 53.1 Å². The lowest BCUT2D eigenvalue weighted by Crippen LogP contribution is -2.27. The Morgan fingerprint density at radius 3 is 2.20 bits per heavy atom. The molecule has 0 radical (unpaired) electrons. The Balaban J connectivity index is 2.24. The molecular formula is C16H15ClF3NO3S. The van der Waals surface area contributed by atoms with Gasteiger partial charge in [0.05, 0.1) is 22.1 Å². The molecule has 0 unspecified atom stereocenters. The van der Waals surface area contributed by atoms with Crippen molar-refractivity contribution in [1.82, 2.24) is 4.72 Å². The Morgan fingerprint density at radius 2 is 1.68 bits per heavy atom. The van der Waals surface area contributed by atoms with Crippen molar-refractivity contribution in [2.75, 3.05) is 20.3 Å². The van der Waals surface area contributed by atoms with Crippen molar-refractivity contribution in [2.24, 2.45) is 0 Å². The molecule has 0 aromatic heterocycles. The summed E-state index contributed by atoms with van der Waals surface area (Å²) < 4.78 is 69.4. The Bertz CT molecular complexity index is 837. The smallest absolute Gasteiger partial charge is 0.383 e. The first-order valence-electron chi connectivity index (χ1n) is 7.11. The van der Waals surface area contributed by atoms with Crippen molar-refractivity contribution in [1.29, 1.82) is 0 Å². The number of nitrogens with one attached hydrogen (secondary N) is 1. The summed E-state index contributed by atoms with van der Waals surface area (Å²) in [6.45, 7) is 0.371. The lowest BCUT2D eigenvalue weighted by molar-refractivity contribution is -0.137. The van der Waals surface area contributed by atoms with Crippen LogP contribution in [0.25, 0.3) is 11.1 Å². The monoisotopic (exact) mass is 393 g/mol. The SMILES string of the molecule is COCCNS(=O)(=O)c1ccc(-c2ccc(C(F)(F)F)c(Cl)c2)cc1. The molecule has 0 spiro atoms. The number of rotatable bonds is 6. The predicted molar refractivity (Wildman–Crippen MR) is 89.0 cm³/mol. The molecule has 0 saturated carbocycles. The average molecular weight is 394 g/mol. The third-order valence-corrected chi connectivity index (χ3v) is 5.16. The van der Waals surface area contributed by atoms with E-state index < -0.39 is 26.8 Å². The summed E-state index contributed by atoms with van der Waals surface area (Å²) in [6, 6.07) is 9.13.